The van der Waals surface area contributed by atoms with Crippen molar-refractivity contribution in [2.24, 2.45) is 0 Å². The Bertz CT molecular complexity index is 743. The molecular formula is C18H16N2O3. The molecule has 116 valence electrons. The Labute approximate surface area is 134 Å². The number of rotatable bonds is 3. The topological polar surface area (TPSA) is 57.7 Å². The number of nitrogens with zero attached hydrogens (tertiary/aromatic N) is 2. The number of amides is 4. The molecule has 1 heterocycles. The van der Waals surface area contributed by atoms with Crippen LogP contribution < -0.4 is 0 Å². The highest BCUT2D eigenvalue weighted by Crippen LogP contribution is 2.32. The molecular weight excluding hydrogens is 292 g/mol. The predicted molar refractivity (Wildman–Crippen MR) is 84.1 cm³/mol. The first-order chi connectivity index (χ1) is 11.1. The molecule has 2 aromatic rings. The number of imide groups is 2. The van der Waals surface area contributed by atoms with E-state index in [-0.39, 0.29) is 12.5 Å². The maximum absolute atomic E-state index is 12.7. The maximum atomic E-state index is 12.7. The van der Waals surface area contributed by atoms with Gasteiger partial charge in [-0.1, -0.05) is 60.7 Å². The van der Waals surface area contributed by atoms with Crippen molar-refractivity contribution in [2.45, 2.75) is 19.5 Å². The van der Waals surface area contributed by atoms with Crippen molar-refractivity contribution >= 4 is 17.8 Å². The second-order valence-corrected chi connectivity index (χ2v) is 5.39. The molecule has 1 aliphatic heterocycles. The summed E-state index contributed by atoms with van der Waals surface area (Å²) in [6.07, 6.45) is 0. The molecule has 0 bridgehead atoms. The Balaban J connectivity index is 1.96. The van der Waals surface area contributed by atoms with Crippen LogP contribution in [0.1, 0.15) is 24.1 Å². The second kappa shape index (κ2) is 6.04. The Morgan fingerprint density at radius 2 is 1.52 bits per heavy atom. The molecule has 23 heavy (non-hydrogen) atoms. The smallest absolute Gasteiger partial charge is 0.275 e. The third-order valence-corrected chi connectivity index (χ3v) is 3.83. The normalized spacial score (nSPS) is 17.7. The summed E-state index contributed by atoms with van der Waals surface area (Å²) in [7, 11) is 0. The molecule has 5 heteroatoms. The predicted octanol–water partition coefficient (Wildman–Crippen LogP) is 2.74. The number of hydrogen-bond acceptors (Lipinski definition) is 3. The van der Waals surface area contributed by atoms with Crippen molar-refractivity contribution in [3.63, 3.8) is 0 Å². The van der Waals surface area contributed by atoms with E-state index in [0.717, 1.165) is 15.4 Å². The molecule has 4 amide bonds. The van der Waals surface area contributed by atoms with Crippen molar-refractivity contribution in [2.75, 3.05) is 0 Å². The summed E-state index contributed by atoms with van der Waals surface area (Å²) in [5, 5.41) is 0. The third kappa shape index (κ3) is 2.73. The van der Waals surface area contributed by atoms with Crippen molar-refractivity contribution in [3.05, 3.63) is 71.8 Å². The minimum absolute atomic E-state index is 0.158. The van der Waals surface area contributed by atoms with E-state index in [1.807, 2.05) is 36.4 Å². The SMILES string of the molecule is CC(=O)N1C(=O)N(Cc2ccccc2)C(=O)C1c1ccccc1. The third-order valence-electron chi connectivity index (χ3n) is 3.83. The highest BCUT2D eigenvalue weighted by molar-refractivity contribution is 6.11. The van der Waals surface area contributed by atoms with Gasteiger partial charge in [-0.25, -0.2) is 9.69 Å². The number of benzene rings is 2. The fourth-order valence-electron chi connectivity index (χ4n) is 2.75. The fourth-order valence-corrected chi connectivity index (χ4v) is 2.75. The zero-order valence-corrected chi connectivity index (χ0v) is 12.7. The van der Waals surface area contributed by atoms with Gasteiger partial charge in [0.2, 0.25) is 5.91 Å². The zero-order chi connectivity index (χ0) is 16.4. The molecule has 1 aliphatic rings. The van der Waals surface area contributed by atoms with Gasteiger partial charge >= 0.3 is 6.03 Å². The van der Waals surface area contributed by atoms with Gasteiger partial charge in [-0.15, -0.1) is 0 Å². The lowest BCUT2D eigenvalue weighted by Gasteiger charge is -2.18. The minimum Gasteiger partial charge on any atom is -0.275 e. The largest absolute Gasteiger partial charge is 0.334 e. The van der Waals surface area contributed by atoms with Crippen LogP contribution in [-0.4, -0.2) is 27.6 Å². The van der Waals surface area contributed by atoms with E-state index in [1.54, 1.807) is 24.3 Å². The molecule has 0 N–H and O–H groups in total. The summed E-state index contributed by atoms with van der Waals surface area (Å²) in [5.41, 5.74) is 1.48. The van der Waals surface area contributed by atoms with Gasteiger partial charge in [0.15, 0.2) is 0 Å². The highest BCUT2D eigenvalue weighted by atomic mass is 16.2. The number of hydrogen-bond donors (Lipinski definition) is 0. The Morgan fingerprint density at radius 3 is 2.09 bits per heavy atom. The lowest BCUT2D eigenvalue weighted by atomic mass is 10.1. The number of urea groups is 1. The fraction of sp³-hybridized carbons (Fsp3) is 0.167. The molecule has 1 unspecified atom stereocenters. The summed E-state index contributed by atoms with van der Waals surface area (Å²) in [6, 6.07) is 16.7. The minimum atomic E-state index is -0.884. The van der Waals surface area contributed by atoms with Gasteiger partial charge in [0.05, 0.1) is 6.54 Å². The first kappa shape index (κ1) is 15.0. The van der Waals surface area contributed by atoms with Crippen molar-refractivity contribution in [1.29, 1.82) is 0 Å². The molecule has 2 aromatic carbocycles. The van der Waals surface area contributed by atoms with Gasteiger partial charge in [0.1, 0.15) is 6.04 Å². The van der Waals surface area contributed by atoms with Crippen LogP contribution in [0.5, 0.6) is 0 Å². The first-order valence-corrected chi connectivity index (χ1v) is 7.33. The van der Waals surface area contributed by atoms with E-state index in [9.17, 15) is 14.4 Å². The van der Waals surface area contributed by atoms with Crippen LogP contribution in [-0.2, 0) is 16.1 Å². The molecule has 5 nitrogen and oxygen atoms in total. The second-order valence-electron chi connectivity index (χ2n) is 5.39. The standard InChI is InChI=1S/C18H16N2O3/c1-13(21)20-16(15-10-6-3-7-11-15)17(22)19(18(20)23)12-14-8-4-2-5-9-14/h2-11,16H,12H2,1H3. The van der Waals surface area contributed by atoms with E-state index in [1.165, 1.54) is 6.92 Å². The Morgan fingerprint density at radius 1 is 0.957 bits per heavy atom. The van der Waals surface area contributed by atoms with Gasteiger partial charge in [-0.2, -0.15) is 0 Å². The lowest BCUT2D eigenvalue weighted by molar-refractivity contribution is -0.134. The average molecular weight is 308 g/mol. The van der Waals surface area contributed by atoms with Gasteiger partial charge in [0, 0.05) is 6.92 Å². The number of carbonyl (C=O) groups is 3. The summed E-state index contributed by atoms with van der Waals surface area (Å²) in [5.74, 6) is -0.812. The van der Waals surface area contributed by atoms with Gasteiger partial charge in [0.25, 0.3) is 5.91 Å². The molecule has 3 rings (SSSR count). The van der Waals surface area contributed by atoms with E-state index >= 15 is 0 Å². The summed E-state index contributed by atoms with van der Waals surface area (Å²) < 4.78 is 0. The molecule has 0 aliphatic carbocycles. The first-order valence-electron chi connectivity index (χ1n) is 7.33. The van der Waals surface area contributed by atoms with Crippen LogP contribution in [0.15, 0.2) is 60.7 Å². The van der Waals surface area contributed by atoms with Crippen LogP contribution in [0.25, 0.3) is 0 Å². The van der Waals surface area contributed by atoms with E-state index in [0.29, 0.717) is 5.56 Å². The Hall–Kier alpha value is -2.95. The van der Waals surface area contributed by atoms with E-state index < -0.39 is 18.0 Å². The molecule has 1 fully saturated rings. The van der Waals surface area contributed by atoms with Gasteiger partial charge in [-0.3, -0.25) is 14.5 Å². The van der Waals surface area contributed by atoms with Crippen molar-refractivity contribution in [3.8, 4) is 0 Å². The van der Waals surface area contributed by atoms with Crippen LogP contribution >= 0.6 is 0 Å². The zero-order valence-electron chi connectivity index (χ0n) is 12.7. The quantitative estimate of drug-likeness (QED) is 0.819. The van der Waals surface area contributed by atoms with Crippen LogP contribution in [0.3, 0.4) is 0 Å². The van der Waals surface area contributed by atoms with Crippen LogP contribution in [0.4, 0.5) is 4.79 Å². The van der Waals surface area contributed by atoms with Crippen LogP contribution in [0.2, 0.25) is 0 Å². The van der Waals surface area contributed by atoms with Crippen LogP contribution in [0, 0.1) is 0 Å². The number of carbonyl (C=O) groups excluding carboxylic acids is 3. The summed E-state index contributed by atoms with van der Waals surface area (Å²) >= 11 is 0. The Kier molecular flexibility index (Phi) is 3.93. The molecule has 1 saturated heterocycles. The van der Waals surface area contributed by atoms with Gasteiger partial charge < -0.3 is 0 Å². The monoisotopic (exact) mass is 308 g/mol. The van der Waals surface area contributed by atoms with E-state index in [4.69, 9.17) is 0 Å². The average Bonchev–Trinajstić information content (AvgIpc) is 2.81. The van der Waals surface area contributed by atoms with Gasteiger partial charge in [-0.05, 0) is 11.1 Å². The maximum Gasteiger partial charge on any atom is 0.334 e. The molecule has 0 radical (unpaired) electrons. The molecule has 0 saturated carbocycles. The van der Waals surface area contributed by atoms with E-state index in [2.05, 4.69) is 0 Å². The summed E-state index contributed by atoms with van der Waals surface area (Å²) in [6.45, 7) is 1.46. The highest BCUT2D eigenvalue weighted by Gasteiger charge is 2.47. The lowest BCUT2D eigenvalue weighted by Crippen LogP contribution is -2.35. The molecule has 0 spiro atoms. The summed E-state index contributed by atoms with van der Waals surface area (Å²) in [4.78, 5) is 39.4. The van der Waals surface area contributed by atoms with Crippen molar-refractivity contribution in [1.82, 2.24) is 9.80 Å². The molecule has 0 aromatic heterocycles. The van der Waals surface area contributed by atoms with Crippen molar-refractivity contribution < 1.29 is 14.4 Å². The molecule has 1 atom stereocenters.